The molecule has 1 atom stereocenters. The minimum Gasteiger partial charge on any atom is -0.344 e. The van der Waals surface area contributed by atoms with Gasteiger partial charge in [0.05, 0.1) is 5.02 Å². The molecule has 2 aliphatic heterocycles. The number of amides is 2. The van der Waals surface area contributed by atoms with Gasteiger partial charge < -0.3 is 15.5 Å². The molecule has 1 unspecified atom stereocenters. The molecule has 0 spiro atoms. The molecule has 2 saturated heterocycles. The Balaban J connectivity index is 0.00000208. The van der Waals surface area contributed by atoms with E-state index in [1.54, 1.807) is 4.90 Å². The Bertz CT molecular complexity index is 623. The number of benzene rings is 1. The number of nitrogens with zero attached hydrogens (tertiary/aromatic N) is 1. The molecule has 0 aliphatic carbocycles. The van der Waals surface area contributed by atoms with Crippen LogP contribution >= 0.6 is 24.0 Å². The van der Waals surface area contributed by atoms with Crippen LogP contribution < -0.4 is 15.5 Å². The average Bonchev–Trinajstić information content (AvgIpc) is 2.92. The molecule has 8 heteroatoms. The van der Waals surface area contributed by atoms with Gasteiger partial charge in [0.25, 0.3) is 0 Å². The molecule has 1 aromatic rings. The molecule has 2 aliphatic rings. The van der Waals surface area contributed by atoms with Gasteiger partial charge in [-0.05, 0) is 50.6 Å². The molecule has 132 valence electrons. The van der Waals surface area contributed by atoms with Crippen molar-refractivity contribution in [3.8, 4) is 0 Å². The molecular formula is C16H20Cl2FN3O2. The highest BCUT2D eigenvalue weighted by Crippen LogP contribution is 2.26. The van der Waals surface area contributed by atoms with Gasteiger partial charge in [0.1, 0.15) is 11.9 Å². The molecule has 1 aromatic carbocycles. The van der Waals surface area contributed by atoms with Crippen molar-refractivity contribution >= 4 is 41.5 Å². The van der Waals surface area contributed by atoms with Crippen molar-refractivity contribution in [1.29, 1.82) is 0 Å². The first-order valence-electron chi connectivity index (χ1n) is 7.84. The summed E-state index contributed by atoms with van der Waals surface area (Å²) in [5, 5.41) is 6.05. The summed E-state index contributed by atoms with van der Waals surface area (Å²) >= 11 is 5.77. The van der Waals surface area contributed by atoms with Crippen molar-refractivity contribution < 1.29 is 14.0 Å². The summed E-state index contributed by atoms with van der Waals surface area (Å²) in [6.07, 6.45) is 2.14. The molecule has 3 rings (SSSR count). The minimum atomic E-state index is -0.516. The number of rotatable bonds is 3. The van der Waals surface area contributed by atoms with Gasteiger partial charge in [-0.15, -0.1) is 12.4 Å². The second kappa shape index (κ2) is 8.14. The number of hydrogen-bond acceptors (Lipinski definition) is 3. The van der Waals surface area contributed by atoms with E-state index in [4.69, 9.17) is 11.6 Å². The Morgan fingerprint density at radius 2 is 2.00 bits per heavy atom. The van der Waals surface area contributed by atoms with Gasteiger partial charge in [-0.3, -0.25) is 9.59 Å². The van der Waals surface area contributed by atoms with Gasteiger partial charge in [0, 0.05) is 18.2 Å². The summed E-state index contributed by atoms with van der Waals surface area (Å²) in [5.41, 5.74) is 0.556. The molecule has 2 heterocycles. The van der Waals surface area contributed by atoms with E-state index in [1.165, 1.54) is 18.2 Å². The molecule has 5 nitrogen and oxygen atoms in total. The Hall–Kier alpha value is -1.37. The lowest BCUT2D eigenvalue weighted by Gasteiger charge is -2.23. The van der Waals surface area contributed by atoms with Gasteiger partial charge in [-0.2, -0.15) is 0 Å². The van der Waals surface area contributed by atoms with Crippen molar-refractivity contribution in [3.63, 3.8) is 0 Å². The first-order chi connectivity index (χ1) is 11.1. The molecule has 2 fully saturated rings. The van der Waals surface area contributed by atoms with Crippen molar-refractivity contribution in [3.05, 3.63) is 29.0 Å². The van der Waals surface area contributed by atoms with Crippen LogP contribution in [0.2, 0.25) is 5.02 Å². The molecule has 2 amide bonds. The molecule has 0 bridgehead atoms. The smallest absolute Gasteiger partial charge is 0.249 e. The fourth-order valence-electron chi connectivity index (χ4n) is 3.10. The summed E-state index contributed by atoms with van der Waals surface area (Å²) in [4.78, 5) is 26.3. The van der Waals surface area contributed by atoms with Gasteiger partial charge in [0.15, 0.2) is 0 Å². The number of carbonyl (C=O) groups excluding carboxylic acids is 2. The lowest BCUT2D eigenvalue weighted by molar-refractivity contribution is -0.129. The van der Waals surface area contributed by atoms with Crippen molar-refractivity contribution in [2.75, 3.05) is 24.5 Å². The SMILES string of the molecule is Cl.O=C(NC1CCN(c2ccc(F)c(Cl)c2)C1=O)C1CCNCC1. The molecule has 0 aromatic heterocycles. The standard InChI is InChI=1S/C16H19ClFN3O2.ClH/c17-12-9-11(1-2-13(12)18)21-8-5-14(16(21)23)20-15(22)10-3-6-19-7-4-10;/h1-2,9-10,14,19H,3-8H2,(H,20,22);1H. The van der Waals surface area contributed by atoms with Crippen LogP contribution in [-0.2, 0) is 9.59 Å². The highest BCUT2D eigenvalue weighted by Gasteiger charge is 2.35. The third kappa shape index (κ3) is 3.99. The maximum atomic E-state index is 13.2. The molecule has 0 saturated carbocycles. The van der Waals surface area contributed by atoms with Crippen LogP contribution in [0.3, 0.4) is 0 Å². The Morgan fingerprint density at radius 1 is 1.29 bits per heavy atom. The predicted molar refractivity (Wildman–Crippen MR) is 93.2 cm³/mol. The third-order valence-electron chi connectivity index (χ3n) is 4.45. The summed E-state index contributed by atoms with van der Waals surface area (Å²) in [5.74, 6) is -0.769. The van der Waals surface area contributed by atoms with Crippen molar-refractivity contribution in [1.82, 2.24) is 10.6 Å². The second-order valence-electron chi connectivity index (χ2n) is 5.96. The van der Waals surface area contributed by atoms with E-state index in [9.17, 15) is 14.0 Å². The molecule has 24 heavy (non-hydrogen) atoms. The van der Waals surface area contributed by atoms with Gasteiger partial charge in [0.2, 0.25) is 11.8 Å². The zero-order chi connectivity index (χ0) is 16.4. The highest BCUT2D eigenvalue weighted by atomic mass is 35.5. The molecule has 2 N–H and O–H groups in total. The van der Waals surface area contributed by atoms with Crippen LogP contribution in [-0.4, -0.2) is 37.5 Å². The van der Waals surface area contributed by atoms with E-state index < -0.39 is 11.9 Å². The zero-order valence-electron chi connectivity index (χ0n) is 13.1. The summed E-state index contributed by atoms with van der Waals surface area (Å²) in [6, 6.07) is 3.69. The summed E-state index contributed by atoms with van der Waals surface area (Å²) < 4.78 is 13.2. The number of carbonyl (C=O) groups is 2. The Kier molecular flexibility index (Phi) is 6.43. The number of piperidine rings is 1. The molecular weight excluding hydrogens is 356 g/mol. The number of hydrogen-bond donors (Lipinski definition) is 2. The lowest BCUT2D eigenvalue weighted by Crippen LogP contribution is -2.46. The zero-order valence-corrected chi connectivity index (χ0v) is 14.6. The van der Waals surface area contributed by atoms with E-state index in [0.717, 1.165) is 25.9 Å². The summed E-state index contributed by atoms with van der Waals surface area (Å²) in [6.45, 7) is 2.14. The van der Waals surface area contributed by atoms with E-state index in [0.29, 0.717) is 18.7 Å². The van der Waals surface area contributed by atoms with Crippen LogP contribution in [0.5, 0.6) is 0 Å². The van der Waals surface area contributed by atoms with Crippen LogP contribution in [0.4, 0.5) is 10.1 Å². The largest absolute Gasteiger partial charge is 0.344 e. The van der Waals surface area contributed by atoms with Crippen LogP contribution in [0.1, 0.15) is 19.3 Å². The van der Waals surface area contributed by atoms with Crippen molar-refractivity contribution in [2.24, 2.45) is 5.92 Å². The first kappa shape index (κ1) is 19.0. The predicted octanol–water partition coefficient (Wildman–Crippen LogP) is 2.12. The maximum Gasteiger partial charge on any atom is 0.249 e. The van der Waals surface area contributed by atoms with Gasteiger partial charge in [-0.1, -0.05) is 11.6 Å². The van der Waals surface area contributed by atoms with Gasteiger partial charge >= 0.3 is 0 Å². The van der Waals surface area contributed by atoms with E-state index in [-0.39, 0.29) is 35.2 Å². The Morgan fingerprint density at radius 3 is 2.67 bits per heavy atom. The number of anilines is 1. The van der Waals surface area contributed by atoms with E-state index in [2.05, 4.69) is 10.6 Å². The maximum absolute atomic E-state index is 13.2. The van der Waals surface area contributed by atoms with Crippen molar-refractivity contribution in [2.45, 2.75) is 25.3 Å². The van der Waals surface area contributed by atoms with Crippen LogP contribution in [0.15, 0.2) is 18.2 Å². The Labute approximate surface area is 151 Å². The number of halogens is 3. The van der Waals surface area contributed by atoms with Gasteiger partial charge in [-0.25, -0.2) is 4.39 Å². The quantitative estimate of drug-likeness (QED) is 0.850. The average molecular weight is 376 g/mol. The molecule has 0 radical (unpaired) electrons. The topological polar surface area (TPSA) is 61.4 Å². The van der Waals surface area contributed by atoms with E-state index >= 15 is 0 Å². The fourth-order valence-corrected chi connectivity index (χ4v) is 3.27. The highest BCUT2D eigenvalue weighted by molar-refractivity contribution is 6.31. The summed E-state index contributed by atoms with van der Waals surface area (Å²) in [7, 11) is 0. The number of nitrogens with one attached hydrogen (secondary N) is 2. The lowest BCUT2D eigenvalue weighted by atomic mass is 9.97. The van der Waals surface area contributed by atoms with E-state index in [1.807, 2.05) is 0 Å². The normalized spacial score (nSPS) is 21.5. The third-order valence-corrected chi connectivity index (χ3v) is 4.74. The minimum absolute atomic E-state index is 0. The fraction of sp³-hybridized carbons (Fsp3) is 0.500. The monoisotopic (exact) mass is 375 g/mol. The van der Waals surface area contributed by atoms with Crippen LogP contribution in [0.25, 0.3) is 0 Å². The second-order valence-corrected chi connectivity index (χ2v) is 6.37. The first-order valence-corrected chi connectivity index (χ1v) is 8.21. The van der Waals surface area contributed by atoms with Crippen LogP contribution in [0, 0.1) is 11.7 Å².